The predicted molar refractivity (Wildman–Crippen MR) is 83.0 cm³/mol. The molecule has 20 heavy (non-hydrogen) atoms. The molecule has 2 aromatic rings. The molecular weight excluding hydrogens is 276 g/mol. The number of halogens is 1. The van der Waals surface area contributed by atoms with E-state index in [0.29, 0.717) is 6.54 Å². The van der Waals surface area contributed by atoms with E-state index in [1.165, 1.54) is 5.56 Å². The van der Waals surface area contributed by atoms with Gasteiger partial charge in [0.25, 0.3) is 0 Å². The molecule has 0 radical (unpaired) electrons. The molecule has 1 unspecified atom stereocenters. The van der Waals surface area contributed by atoms with Crippen LogP contribution in [0.4, 0.5) is 0 Å². The zero-order chi connectivity index (χ0) is 13.6. The Balaban J connectivity index is 0.00000147. The average Bonchev–Trinajstić information content (AvgIpc) is 2.78. The van der Waals surface area contributed by atoms with Gasteiger partial charge < -0.3 is 15.5 Å². The smallest absolute Gasteiger partial charge is 0.248 e. The van der Waals surface area contributed by atoms with Gasteiger partial charge in [-0.3, -0.25) is 4.79 Å². The van der Waals surface area contributed by atoms with E-state index in [-0.39, 0.29) is 23.6 Å². The molecule has 0 saturated heterocycles. The summed E-state index contributed by atoms with van der Waals surface area (Å²) in [4.78, 5) is 14.3. The Bertz CT molecular complexity index is 705. The maximum Gasteiger partial charge on any atom is 0.248 e. The van der Waals surface area contributed by atoms with E-state index in [4.69, 9.17) is 10.5 Å². The second-order valence-electron chi connectivity index (χ2n) is 5.31. The molecule has 2 heterocycles. The lowest BCUT2D eigenvalue weighted by molar-refractivity contribution is 0.101. The number of fused-ring (bicyclic) bond motifs is 3. The van der Waals surface area contributed by atoms with Crippen LogP contribution in [0.5, 0.6) is 5.75 Å². The third kappa shape index (κ3) is 2.09. The highest BCUT2D eigenvalue weighted by Gasteiger charge is 2.37. The quantitative estimate of drug-likeness (QED) is 0.893. The van der Waals surface area contributed by atoms with Crippen LogP contribution in [0.2, 0.25) is 0 Å². The molecule has 0 aliphatic carbocycles. The summed E-state index contributed by atoms with van der Waals surface area (Å²) in [7, 11) is 0. The highest BCUT2D eigenvalue weighted by Crippen LogP contribution is 2.41. The first-order chi connectivity index (χ1) is 9.08. The zero-order valence-electron chi connectivity index (χ0n) is 11.7. The van der Waals surface area contributed by atoms with Crippen LogP contribution >= 0.6 is 12.4 Å². The number of aromatic amines is 1. The second kappa shape index (κ2) is 5.11. The van der Waals surface area contributed by atoms with Gasteiger partial charge in [0, 0.05) is 24.4 Å². The van der Waals surface area contributed by atoms with Crippen LogP contribution in [0.25, 0.3) is 10.9 Å². The minimum absolute atomic E-state index is 0. The van der Waals surface area contributed by atoms with Crippen LogP contribution in [0.3, 0.4) is 0 Å². The van der Waals surface area contributed by atoms with Crippen molar-refractivity contribution in [3.05, 3.63) is 39.7 Å². The number of hydrogen-bond acceptors (Lipinski definition) is 3. The summed E-state index contributed by atoms with van der Waals surface area (Å²) in [6, 6.07) is 5.47. The van der Waals surface area contributed by atoms with Crippen LogP contribution in [0.1, 0.15) is 24.5 Å². The summed E-state index contributed by atoms with van der Waals surface area (Å²) >= 11 is 0. The van der Waals surface area contributed by atoms with E-state index >= 15 is 0 Å². The topological polar surface area (TPSA) is 68.1 Å². The zero-order valence-corrected chi connectivity index (χ0v) is 12.5. The molecule has 1 aromatic carbocycles. The van der Waals surface area contributed by atoms with E-state index in [1.807, 2.05) is 13.0 Å². The number of ether oxygens (including phenoxy) is 1. The normalized spacial score (nSPS) is 20.4. The highest BCUT2D eigenvalue weighted by atomic mass is 35.5. The fourth-order valence-corrected chi connectivity index (χ4v) is 2.85. The Labute approximate surface area is 123 Å². The average molecular weight is 295 g/mol. The van der Waals surface area contributed by atoms with Crippen LogP contribution in [0, 0.1) is 6.92 Å². The fourth-order valence-electron chi connectivity index (χ4n) is 2.85. The maximum absolute atomic E-state index is 11.5. The molecule has 108 valence electrons. The monoisotopic (exact) mass is 294 g/mol. The number of nitrogens with one attached hydrogen (secondary N) is 1. The number of rotatable bonds is 2. The summed E-state index contributed by atoms with van der Waals surface area (Å²) in [6.45, 7) is 4.60. The third-order valence-corrected chi connectivity index (χ3v) is 4.09. The highest BCUT2D eigenvalue weighted by molar-refractivity contribution is 5.89. The number of aromatic nitrogens is 1. The van der Waals surface area contributed by atoms with Crippen LogP contribution in [0.15, 0.2) is 23.0 Å². The number of pyridine rings is 1. The van der Waals surface area contributed by atoms with E-state index in [1.54, 1.807) is 6.07 Å². The van der Waals surface area contributed by atoms with Gasteiger partial charge in [0.2, 0.25) is 5.56 Å². The summed E-state index contributed by atoms with van der Waals surface area (Å²) in [5.41, 5.74) is 8.61. The van der Waals surface area contributed by atoms with Gasteiger partial charge in [-0.15, -0.1) is 12.4 Å². The van der Waals surface area contributed by atoms with Crippen molar-refractivity contribution < 1.29 is 4.74 Å². The van der Waals surface area contributed by atoms with Crippen molar-refractivity contribution in [2.24, 2.45) is 5.73 Å². The Kier molecular flexibility index (Phi) is 3.80. The molecule has 1 aliphatic heterocycles. The van der Waals surface area contributed by atoms with Crippen molar-refractivity contribution in [2.75, 3.05) is 6.54 Å². The molecule has 0 fully saturated rings. The molecule has 5 heteroatoms. The van der Waals surface area contributed by atoms with Gasteiger partial charge in [0.05, 0.1) is 5.52 Å². The van der Waals surface area contributed by atoms with Crippen molar-refractivity contribution in [3.8, 4) is 5.75 Å². The number of nitrogens with two attached hydrogens (primary N) is 1. The van der Waals surface area contributed by atoms with Gasteiger partial charge in [-0.1, -0.05) is 13.0 Å². The van der Waals surface area contributed by atoms with Gasteiger partial charge in [0.1, 0.15) is 11.4 Å². The summed E-state index contributed by atoms with van der Waals surface area (Å²) in [5, 5.41) is 0.971. The Hall–Kier alpha value is -1.52. The van der Waals surface area contributed by atoms with E-state index in [2.05, 4.69) is 18.0 Å². The molecule has 1 atom stereocenters. The van der Waals surface area contributed by atoms with Crippen molar-refractivity contribution >= 4 is 23.3 Å². The van der Waals surface area contributed by atoms with Crippen molar-refractivity contribution in [1.29, 1.82) is 0 Å². The number of benzene rings is 1. The molecule has 3 rings (SSSR count). The Morgan fingerprint density at radius 3 is 2.85 bits per heavy atom. The molecule has 1 aromatic heterocycles. The van der Waals surface area contributed by atoms with Crippen LogP contribution in [-0.4, -0.2) is 17.1 Å². The minimum atomic E-state index is -0.292. The molecular formula is C15H19ClN2O2. The molecule has 4 nitrogen and oxygen atoms in total. The third-order valence-electron chi connectivity index (χ3n) is 4.09. The van der Waals surface area contributed by atoms with Crippen molar-refractivity contribution in [2.45, 2.75) is 32.3 Å². The lowest BCUT2D eigenvalue weighted by atomic mass is 9.93. The molecule has 0 saturated carbocycles. The largest absolute Gasteiger partial charge is 0.485 e. The first-order valence-electron chi connectivity index (χ1n) is 6.63. The lowest BCUT2D eigenvalue weighted by Gasteiger charge is -2.25. The standard InChI is InChI=1S/C15H18N2O2.ClH/c1-3-15(8-16)7-10-6-9(2)13-11(14(10)19-15)4-5-12(18)17-13;/h4-6H,3,7-8,16H2,1-2H3,(H,17,18);1H. The van der Waals surface area contributed by atoms with Crippen LogP contribution in [-0.2, 0) is 6.42 Å². The Morgan fingerprint density at radius 1 is 1.45 bits per heavy atom. The first-order valence-corrected chi connectivity index (χ1v) is 6.63. The number of aryl methyl sites for hydroxylation is 1. The fraction of sp³-hybridized carbons (Fsp3) is 0.400. The van der Waals surface area contributed by atoms with Gasteiger partial charge >= 0.3 is 0 Å². The number of hydrogen-bond donors (Lipinski definition) is 2. The molecule has 0 amide bonds. The molecule has 1 aliphatic rings. The van der Waals surface area contributed by atoms with Gasteiger partial charge in [-0.25, -0.2) is 0 Å². The molecule has 3 N–H and O–H groups in total. The number of H-pyrrole nitrogens is 1. The van der Waals surface area contributed by atoms with E-state index in [9.17, 15) is 4.79 Å². The van der Waals surface area contributed by atoms with Gasteiger partial charge in [0.15, 0.2) is 0 Å². The second-order valence-corrected chi connectivity index (χ2v) is 5.31. The first kappa shape index (κ1) is 14.9. The van der Waals surface area contributed by atoms with Crippen molar-refractivity contribution in [1.82, 2.24) is 4.98 Å². The van der Waals surface area contributed by atoms with Gasteiger partial charge in [-0.2, -0.15) is 0 Å². The minimum Gasteiger partial charge on any atom is -0.485 e. The van der Waals surface area contributed by atoms with E-state index < -0.39 is 0 Å². The van der Waals surface area contributed by atoms with E-state index in [0.717, 1.165) is 35.1 Å². The van der Waals surface area contributed by atoms with Gasteiger partial charge in [-0.05, 0) is 30.5 Å². The van der Waals surface area contributed by atoms with Crippen molar-refractivity contribution in [3.63, 3.8) is 0 Å². The predicted octanol–water partition coefficient (Wildman–Crippen LogP) is 2.30. The summed E-state index contributed by atoms with van der Waals surface area (Å²) in [6.07, 6.45) is 1.72. The molecule has 0 spiro atoms. The SMILES string of the molecule is CCC1(CN)Cc2cc(C)c3[nH]c(=O)ccc3c2O1.Cl. The lowest BCUT2D eigenvalue weighted by Crippen LogP contribution is -2.41. The summed E-state index contributed by atoms with van der Waals surface area (Å²) < 4.78 is 6.15. The summed E-state index contributed by atoms with van der Waals surface area (Å²) in [5.74, 6) is 0.879. The van der Waals surface area contributed by atoms with Crippen LogP contribution < -0.4 is 16.0 Å². The molecule has 0 bridgehead atoms. The maximum atomic E-state index is 11.5. The Morgan fingerprint density at radius 2 is 2.20 bits per heavy atom.